The van der Waals surface area contributed by atoms with Crippen LogP contribution in [0, 0.1) is 6.92 Å². The van der Waals surface area contributed by atoms with Crippen molar-refractivity contribution in [1.29, 1.82) is 0 Å². The van der Waals surface area contributed by atoms with Crippen molar-refractivity contribution < 1.29 is 0 Å². The molecular weight excluding hydrogens is 771 g/mol. The van der Waals surface area contributed by atoms with E-state index in [0.29, 0.717) is 11.8 Å². The van der Waals surface area contributed by atoms with E-state index in [1.807, 2.05) is 0 Å². The largest absolute Gasteiger partial charge is 0.311 e. The molecule has 0 aromatic heterocycles. The number of hydrogen-bond acceptors (Lipinski definition) is 2. The molecule has 2 fully saturated rings. The molecule has 0 unspecified atom stereocenters. The highest BCUT2D eigenvalue weighted by molar-refractivity contribution is 7.00. The molecule has 2 aliphatic heterocycles. The van der Waals surface area contributed by atoms with Crippen LogP contribution in [0.5, 0.6) is 0 Å². The molecule has 3 heteroatoms. The number of anilines is 6. The monoisotopic (exact) mass is 830 g/mol. The third kappa shape index (κ3) is 6.35. The van der Waals surface area contributed by atoms with Crippen LogP contribution >= 0.6 is 0 Å². The molecule has 13 rings (SSSR count). The molecule has 7 aromatic rings. The molecule has 2 nitrogen and oxygen atoms in total. The van der Waals surface area contributed by atoms with E-state index >= 15 is 0 Å². The number of aryl methyl sites for hydroxylation is 3. The molecule has 2 heterocycles. The van der Waals surface area contributed by atoms with Gasteiger partial charge in [-0.15, -0.1) is 0 Å². The van der Waals surface area contributed by atoms with Crippen molar-refractivity contribution in [3.8, 4) is 22.3 Å². The van der Waals surface area contributed by atoms with E-state index in [9.17, 15) is 0 Å². The Morgan fingerprint density at radius 3 is 1.45 bits per heavy atom. The molecule has 4 aliphatic carbocycles. The predicted octanol–water partition coefficient (Wildman–Crippen LogP) is 14.5. The summed E-state index contributed by atoms with van der Waals surface area (Å²) in [6.07, 6.45) is 20.6. The fourth-order valence-electron chi connectivity index (χ4n) is 13.5. The van der Waals surface area contributed by atoms with E-state index < -0.39 is 0 Å². The van der Waals surface area contributed by atoms with Gasteiger partial charge in [0.15, 0.2) is 0 Å². The zero-order valence-corrected chi connectivity index (χ0v) is 37.6. The van der Waals surface area contributed by atoms with Gasteiger partial charge in [0.25, 0.3) is 6.71 Å². The maximum absolute atomic E-state index is 2.85. The highest BCUT2D eigenvalue weighted by atomic mass is 15.2. The second kappa shape index (κ2) is 15.7. The average molecular weight is 831 g/mol. The second-order valence-corrected chi connectivity index (χ2v) is 20.3. The van der Waals surface area contributed by atoms with E-state index in [-0.39, 0.29) is 6.71 Å². The zero-order chi connectivity index (χ0) is 42.3. The first-order valence-corrected chi connectivity index (χ1v) is 25.1. The SMILES string of the molecule is Cc1cc2c3c(c1)N(c1c4c(cc5c1CCC5)CCC4)c1cc(C4CCCCC4)ccc1B3c1ccc(C3CCCCC3)cc1N2c1cc(-c2ccccc2)cc(-c2ccccc2)c1. The van der Waals surface area contributed by atoms with Gasteiger partial charge in [-0.1, -0.05) is 130 Å². The average Bonchev–Trinajstić information content (AvgIpc) is 4.04. The predicted molar refractivity (Wildman–Crippen MR) is 272 cm³/mol. The third-order valence-corrected chi connectivity index (χ3v) is 16.5. The van der Waals surface area contributed by atoms with Gasteiger partial charge >= 0.3 is 0 Å². The quantitative estimate of drug-likeness (QED) is 0.154. The molecule has 0 saturated heterocycles. The summed E-state index contributed by atoms with van der Waals surface area (Å²) >= 11 is 0. The maximum Gasteiger partial charge on any atom is 0.252 e. The topological polar surface area (TPSA) is 6.48 Å². The summed E-state index contributed by atoms with van der Waals surface area (Å²) in [6, 6.07) is 52.8. The molecule has 0 bridgehead atoms. The van der Waals surface area contributed by atoms with Crippen molar-refractivity contribution in [3.05, 3.63) is 172 Å². The highest BCUT2D eigenvalue weighted by Gasteiger charge is 2.45. The number of rotatable bonds is 6. The lowest BCUT2D eigenvalue weighted by Gasteiger charge is -2.46. The zero-order valence-electron chi connectivity index (χ0n) is 37.6. The molecule has 316 valence electrons. The summed E-state index contributed by atoms with van der Waals surface area (Å²) in [5.74, 6) is 1.26. The van der Waals surface area contributed by atoms with Crippen LogP contribution in [-0.2, 0) is 25.7 Å². The van der Waals surface area contributed by atoms with Crippen LogP contribution in [0.1, 0.15) is 128 Å². The van der Waals surface area contributed by atoms with E-state index in [1.165, 1.54) is 181 Å². The Morgan fingerprint density at radius 2 is 0.922 bits per heavy atom. The molecule has 64 heavy (non-hydrogen) atoms. The van der Waals surface area contributed by atoms with Crippen molar-refractivity contribution in [2.45, 2.75) is 121 Å². The van der Waals surface area contributed by atoms with Crippen LogP contribution in [0.15, 0.2) is 133 Å². The van der Waals surface area contributed by atoms with Crippen molar-refractivity contribution >= 4 is 57.2 Å². The second-order valence-electron chi connectivity index (χ2n) is 20.3. The summed E-state index contributed by atoms with van der Waals surface area (Å²) in [5, 5.41) is 0. The minimum atomic E-state index is 0.139. The Kier molecular flexibility index (Phi) is 9.49. The molecule has 0 spiro atoms. The Morgan fingerprint density at radius 1 is 0.422 bits per heavy atom. The third-order valence-electron chi connectivity index (χ3n) is 16.5. The first-order valence-electron chi connectivity index (χ1n) is 25.1. The Hall–Kier alpha value is -5.80. The van der Waals surface area contributed by atoms with Gasteiger partial charge in [0.05, 0.1) is 5.69 Å². The van der Waals surface area contributed by atoms with E-state index in [0.717, 1.165) is 0 Å². The first kappa shape index (κ1) is 38.6. The standard InChI is InChI=1S/C61H59BN2/c1-40-32-58-60-59(33-40)64(61-52-26-14-24-47(52)34-48-25-15-27-53(48)61)57-39-46(42-18-8-3-9-19-42)29-31-55(57)62(60)54-30-28-45(41-16-6-2-7-17-41)38-56(54)63(58)51-36-49(43-20-10-4-11-21-43)35-50(37-51)44-22-12-5-13-23-44/h4-5,10-13,20-23,28-39,41-42H,2-3,6-9,14-19,24-27H2,1H3. The fourth-order valence-corrected chi connectivity index (χ4v) is 13.5. The van der Waals surface area contributed by atoms with E-state index in [1.54, 1.807) is 33.5 Å². The van der Waals surface area contributed by atoms with Crippen molar-refractivity contribution in [1.82, 2.24) is 0 Å². The molecule has 0 amide bonds. The van der Waals surface area contributed by atoms with Gasteiger partial charge in [-0.3, -0.25) is 0 Å². The van der Waals surface area contributed by atoms with Gasteiger partial charge in [0.1, 0.15) is 0 Å². The van der Waals surface area contributed by atoms with Gasteiger partial charge < -0.3 is 9.80 Å². The number of nitrogens with zero attached hydrogens (tertiary/aromatic N) is 2. The van der Waals surface area contributed by atoms with Gasteiger partial charge in [-0.25, -0.2) is 0 Å². The molecule has 7 aromatic carbocycles. The molecule has 0 N–H and O–H groups in total. The first-order chi connectivity index (χ1) is 31.6. The summed E-state index contributed by atoms with van der Waals surface area (Å²) in [6.45, 7) is 2.50. The molecule has 0 radical (unpaired) electrons. The number of benzene rings is 7. The number of hydrogen-bond donors (Lipinski definition) is 0. The molecule has 2 saturated carbocycles. The van der Waals surface area contributed by atoms with Crippen LogP contribution in [0.3, 0.4) is 0 Å². The molecule has 6 aliphatic rings. The molecular formula is C61H59BN2. The van der Waals surface area contributed by atoms with Crippen LogP contribution in [0.2, 0.25) is 0 Å². The van der Waals surface area contributed by atoms with Crippen molar-refractivity contribution in [2.24, 2.45) is 0 Å². The van der Waals surface area contributed by atoms with Crippen molar-refractivity contribution in [3.63, 3.8) is 0 Å². The van der Waals surface area contributed by atoms with Crippen LogP contribution in [0.4, 0.5) is 34.1 Å². The van der Waals surface area contributed by atoms with Crippen LogP contribution in [-0.4, -0.2) is 6.71 Å². The van der Waals surface area contributed by atoms with Gasteiger partial charge in [-0.05, 0) is 203 Å². The minimum Gasteiger partial charge on any atom is -0.311 e. The normalized spacial score (nSPS) is 17.8. The molecule has 0 atom stereocenters. The van der Waals surface area contributed by atoms with Gasteiger partial charge in [0.2, 0.25) is 0 Å². The number of fused-ring (bicyclic) bond motifs is 6. The van der Waals surface area contributed by atoms with Gasteiger partial charge in [0, 0.05) is 28.4 Å². The van der Waals surface area contributed by atoms with Crippen LogP contribution in [0.25, 0.3) is 22.3 Å². The Bertz CT molecular complexity index is 2850. The van der Waals surface area contributed by atoms with E-state index in [4.69, 9.17) is 0 Å². The highest BCUT2D eigenvalue weighted by Crippen LogP contribution is 2.51. The Labute approximate surface area is 381 Å². The lowest BCUT2D eigenvalue weighted by molar-refractivity contribution is 0.444. The maximum atomic E-state index is 2.85. The lowest BCUT2D eigenvalue weighted by atomic mass is 9.33. The lowest BCUT2D eigenvalue weighted by Crippen LogP contribution is -2.61. The summed E-state index contributed by atoms with van der Waals surface area (Å²) in [7, 11) is 0. The fraction of sp³-hybridized carbons (Fsp3) is 0.311. The summed E-state index contributed by atoms with van der Waals surface area (Å²) < 4.78 is 0. The summed E-state index contributed by atoms with van der Waals surface area (Å²) in [5.41, 5.74) is 28.6. The van der Waals surface area contributed by atoms with Crippen LogP contribution < -0.4 is 26.2 Å². The van der Waals surface area contributed by atoms with E-state index in [2.05, 4.69) is 150 Å². The minimum absolute atomic E-state index is 0.139. The summed E-state index contributed by atoms with van der Waals surface area (Å²) in [4.78, 5) is 5.57. The van der Waals surface area contributed by atoms with Gasteiger partial charge in [-0.2, -0.15) is 0 Å². The Balaban J connectivity index is 1.10. The smallest absolute Gasteiger partial charge is 0.252 e. The van der Waals surface area contributed by atoms with Crippen molar-refractivity contribution in [2.75, 3.05) is 9.80 Å².